The van der Waals surface area contributed by atoms with Crippen molar-refractivity contribution in [2.75, 3.05) is 5.32 Å². The molecule has 0 bridgehead atoms. The van der Waals surface area contributed by atoms with Crippen LogP contribution in [-0.2, 0) is 0 Å². The molecule has 0 radical (unpaired) electrons. The molecule has 164 valence electrons. The minimum atomic E-state index is -0.585. The molecule has 0 fully saturated rings. The summed E-state index contributed by atoms with van der Waals surface area (Å²) in [5, 5.41) is 12.2. The van der Waals surface area contributed by atoms with Gasteiger partial charge in [-0.2, -0.15) is 10.2 Å². The molecule has 0 spiro atoms. The third kappa shape index (κ3) is 3.96. The van der Waals surface area contributed by atoms with Crippen molar-refractivity contribution in [2.45, 2.75) is 39.7 Å². The maximum Gasteiger partial charge on any atom is 0.269 e. The van der Waals surface area contributed by atoms with E-state index in [-0.39, 0.29) is 23.6 Å². The van der Waals surface area contributed by atoms with Gasteiger partial charge in [-0.05, 0) is 56.2 Å². The van der Waals surface area contributed by atoms with Crippen LogP contribution in [0, 0.1) is 0 Å². The molecular weight excluding hydrogens is 406 g/mol. The standard InChI is InChI=1S/C23H25N7O2/c1-13(2)20-11-17(18-12-25-30(14(3)4)22(18)27-20)23(32)26-15-5-7-16(8-6-15)29-10-9-19(28-29)21(24)31/h5-14H,1-4H3,(H2,24,31)(H,26,32). The van der Waals surface area contributed by atoms with Gasteiger partial charge in [0.15, 0.2) is 5.65 Å². The molecule has 0 saturated carbocycles. The average molecular weight is 432 g/mol. The monoisotopic (exact) mass is 431 g/mol. The number of aromatic nitrogens is 5. The Morgan fingerprint density at radius 2 is 1.78 bits per heavy atom. The number of amides is 2. The molecule has 3 heterocycles. The van der Waals surface area contributed by atoms with Gasteiger partial charge in [-0.15, -0.1) is 0 Å². The van der Waals surface area contributed by atoms with Crippen LogP contribution in [0.15, 0.2) is 48.8 Å². The average Bonchev–Trinajstić information content (AvgIpc) is 3.41. The zero-order chi connectivity index (χ0) is 23.0. The van der Waals surface area contributed by atoms with Gasteiger partial charge >= 0.3 is 0 Å². The molecule has 2 amide bonds. The minimum Gasteiger partial charge on any atom is -0.364 e. The number of hydrogen-bond donors (Lipinski definition) is 2. The number of benzene rings is 1. The zero-order valence-corrected chi connectivity index (χ0v) is 18.4. The first-order chi connectivity index (χ1) is 15.2. The fraction of sp³-hybridized carbons (Fsp3) is 0.261. The molecule has 0 aliphatic rings. The van der Waals surface area contributed by atoms with Crippen molar-refractivity contribution in [1.82, 2.24) is 24.5 Å². The highest BCUT2D eigenvalue weighted by Crippen LogP contribution is 2.25. The Bertz CT molecular complexity index is 1300. The normalized spacial score (nSPS) is 11.4. The van der Waals surface area contributed by atoms with Crippen molar-refractivity contribution >= 4 is 28.5 Å². The maximum absolute atomic E-state index is 13.2. The lowest BCUT2D eigenvalue weighted by atomic mass is 10.0. The largest absolute Gasteiger partial charge is 0.364 e. The van der Waals surface area contributed by atoms with Crippen LogP contribution >= 0.6 is 0 Å². The molecular formula is C23H25N7O2. The molecule has 4 aromatic rings. The Labute approximate surface area is 185 Å². The second-order valence-electron chi connectivity index (χ2n) is 8.18. The lowest BCUT2D eigenvalue weighted by Gasteiger charge is -2.12. The summed E-state index contributed by atoms with van der Waals surface area (Å²) in [6.07, 6.45) is 3.35. The predicted molar refractivity (Wildman–Crippen MR) is 122 cm³/mol. The molecule has 9 nitrogen and oxygen atoms in total. The highest BCUT2D eigenvalue weighted by molar-refractivity contribution is 6.12. The molecule has 9 heteroatoms. The van der Waals surface area contributed by atoms with Crippen molar-refractivity contribution in [3.63, 3.8) is 0 Å². The van der Waals surface area contributed by atoms with Gasteiger partial charge in [0.25, 0.3) is 11.8 Å². The van der Waals surface area contributed by atoms with E-state index in [2.05, 4.69) is 15.5 Å². The first-order valence-electron chi connectivity index (χ1n) is 10.4. The van der Waals surface area contributed by atoms with E-state index in [1.807, 2.05) is 38.4 Å². The Kier molecular flexibility index (Phi) is 5.48. The number of primary amides is 1. The molecule has 1 aromatic carbocycles. The molecule has 0 atom stereocenters. The van der Waals surface area contributed by atoms with Gasteiger partial charge in [0.1, 0.15) is 5.69 Å². The lowest BCUT2D eigenvalue weighted by Crippen LogP contribution is -2.14. The van der Waals surface area contributed by atoms with E-state index in [1.165, 1.54) is 0 Å². The molecule has 4 rings (SSSR count). The summed E-state index contributed by atoms with van der Waals surface area (Å²) in [5.74, 6) is -0.650. The molecule has 3 aromatic heterocycles. The van der Waals surface area contributed by atoms with E-state index >= 15 is 0 Å². The van der Waals surface area contributed by atoms with Crippen LogP contribution in [0.1, 0.15) is 66.2 Å². The number of anilines is 1. The van der Waals surface area contributed by atoms with Crippen molar-refractivity contribution in [3.8, 4) is 5.69 Å². The highest BCUT2D eigenvalue weighted by Gasteiger charge is 2.19. The van der Waals surface area contributed by atoms with Gasteiger partial charge in [-0.1, -0.05) is 13.8 Å². The third-order valence-corrected chi connectivity index (χ3v) is 5.14. The van der Waals surface area contributed by atoms with Crippen LogP contribution in [0.25, 0.3) is 16.7 Å². The van der Waals surface area contributed by atoms with Crippen molar-refractivity contribution < 1.29 is 9.59 Å². The smallest absolute Gasteiger partial charge is 0.269 e. The van der Waals surface area contributed by atoms with E-state index in [0.29, 0.717) is 22.3 Å². The molecule has 0 aliphatic heterocycles. The van der Waals surface area contributed by atoms with Crippen LogP contribution < -0.4 is 11.1 Å². The third-order valence-electron chi connectivity index (χ3n) is 5.14. The summed E-state index contributed by atoms with van der Waals surface area (Å²) in [6, 6.07) is 10.7. The number of fused-ring (bicyclic) bond motifs is 1. The maximum atomic E-state index is 13.2. The van der Waals surface area contributed by atoms with Crippen LogP contribution in [0.5, 0.6) is 0 Å². The van der Waals surface area contributed by atoms with Gasteiger partial charge in [0, 0.05) is 23.6 Å². The Balaban J connectivity index is 1.63. The quantitative estimate of drug-likeness (QED) is 0.482. The van der Waals surface area contributed by atoms with Crippen LogP contribution in [0.4, 0.5) is 5.69 Å². The lowest BCUT2D eigenvalue weighted by molar-refractivity contribution is 0.0993. The molecule has 32 heavy (non-hydrogen) atoms. The number of rotatable bonds is 6. The van der Waals surface area contributed by atoms with Crippen molar-refractivity contribution in [2.24, 2.45) is 5.73 Å². The number of pyridine rings is 1. The zero-order valence-electron chi connectivity index (χ0n) is 18.4. The fourth-order valence-corrected chi connectivity index (χ4v) is 3.39. The fourth-order valence-electron chi connectivity index (χ4n) is 3.39. The summed E-state index contributed by atoms with van der Waals surface area (Å²) in [5.41, 5.74) is 8.89. The van der Waals surface area contributed by atoms with Crippen LogP contribution in [0.3, 0.4) is 0 Å². The van der Waals surface area contributed by atoms with E-state index in [4.69, 9.17) is 10.7 Å². The number of nitrogens with zero attached hydrogens (tertiary/aromatic N) is 5. The van der Waals surface area contributed by atoms with Gasteiger partial charge in [-0.25, -0.2) is 14.3 Å². The second-order valence-corrected chi connectivity index (χ2v) is 8.18. The number of carbonyl (C=O) groups excluding carboxylic acids is 2. The first-order valence-corrected chi connectivity index (χ1v) is 10.4. The molecule has 0 unspecified atom stereocenters. The van der Waals surface area contributed by atoms with Gasteiger partial charge < -0.3 is 11.1 Å². The van der Waals surface area contributed by atoms with Crippen molar-refractivity contribution in [3.05, 3.63) is 65.7 Å². The first kappa shape index (κ1) is 21.2. The van der Waals surface area contributed by atoms with Gasteiger partial charge in [-0.3, -0.25) is 9.59 Å². The highest BCUT2D eigenvalue weighted by atomic mass is 16.2. The number of nitrogens with two attached hydrogens (primary N) is 1. The summed E-state index contributed by atoms with van der Waals surface area (Å²) in [7, 11) is 0. The van der Waals surface area contributed by atoms with Crippen molar-refractivity contribution in [1.29, 1.82) is 0 Å². The summed E-state index contributed by atoms with van der Waals surface area (Å²) < 4.78 is 3.38. The van der Waals surface area contributed by atoms with E-state index in [1.54, 1.807) is 47.4 Å². The molecule has 3 N–H and O–H groups in total. The predicted octanol–water partition coefficient (Wildman–Crippen LogP) is 3.67. The Hall–Kier alpha value is -4.01. The summed E-state index contributed by atoms with van der Waals surface area (Å²) in [4.78, 5) is 29.2. The number of carbonyl (C=O) groups is 2. The second kappa shape index (κ2) is 8.26. The SMILES string of the molecule is CC(C)c1cc(C(=O)Nc2ccc(-n3ccc(C(N)=O)n3)cc2)c2cnn(C(C)C)c2n1. The summed E-state index contributed by atoms with van der Waals surface area (Å²) in [6.45, 7) is 8.15. The van der Waals surface area contributed by atoms with Crippen LogP contribution in [-0.4, -0.2) is 36.4 Å². The molecule has 0 aliphatic carbocycles. The topological polar surface area (TPSA) is 121 Å². The summed E-state index contributed by atoms with van der Waals surface area (Å²) >= 11 is 0. The molecule has 0 saturated heterocycles. The van der Waals surface area contributed by atoms with E-state index < -0.39 is 5.91 Å². The van der Waals surface area contributed by atoms with Gasteiger partial charge in [0.2, 0.25) is 0 Å². The number of hydrogen-bond acceptors (Lipinski definition) is 5. The Morgan fingerprint density at radius 1 is 1.06 bits per heavy atom. The Morgan fingerprint density at radius 3 is 2.38 bits per heavy atom. The van der Waals surface area contributed by atoms with Crippen LogP contribution in [0.2, 0.25) is 0 Å². The number of nitrogens with one attached hydrogen (secondary N) is 1. The van der Waals surface area contributed by atoms with Gasteiger partial charge in [0.05, 0.1) is 22.8 Å². The minimum absolute atomic E-state index is 0.128. The van der Waals surface area contributed by atoms with E-state index in [0.717, 1.165) is 11.4 Å². The van der Waals surface area contributed by atoms with E-state index in [9.17, 15) is 9.59 Å².